The van der Waals surface area contributed by atoms with Gasteiger partial charge in [0.05, 0.1) is 0 Å². The van der Waals surface area contributed by atoms with Gasteiger partial charge in [0.2, 0.25) is 0 Å². The van der Waals surface area contributed by atoms with Gasteiger partial charge in [-0.2, -0.15) is 0 Å². The van der Waals surface area contributed by atoms with Crippen LogP contribution in [0.1, 0.15) is 25.7 Å². The summed E-state index contributed by atoms with van der Waals surface area (Å²) in [5, 5.41) is 3.20. The van der Waals surface area contributed by atoms with Gasteiger partial charge in [0.15, 0.2) is 0 Å². The lowest BCUT2D eigenvalue weighted by Crippen LogP contribution is -2.32. The zero-order valence-corrected chi connectivity index (χ0v) is 11.3. The van der Waals surface area contributed by atoms with Crippen molar-refractivity contribution in [1.82, 2.24) is 15.1 Å². The molecule has 0 aromatic carbocycles. The number of nitrogens with one attached hydrogen (secondary N) is 1. The minimum absolute atomic E-state index is 0.975. The summed E-state index contributed by atoms with van der Waals surface area (Å²) < 4.78 is 0. The van der Waals surface area contributed by atoms with Crippen molar-refractivity contribution in [2.75, 3.05) is 53.9 Å². The molecule has 0 aromatic heterocycles. The van der Waals surface area contributed by atoms with Crippen LogP contribution in [0.4, 0.5) is 0 Å². The number of likely N-dealkylation sites (tertiary alicyclic amines) is 1. The first-order valence-corrected chi connectivity index (χ1v) is 6.74. The van der Waals surface area contributed by atoms with Gasteiger partial charge in [-0.1, -0.05) is 0 Å². The van der Waals surface area contributed by atoms with Gasteiger partial charge in [0, 0.05) is 0 Å². The smallest absolute Gasteiger partial charge is 0.000969 e. The topological polar surface area (TPSA) is 18.5 Å². The molecule has 3 heteroatoms. The molecule has 1 rings (SSSR count). The molecule has 0 saturated carbocycles. The van der Waals surface area contributed by atoms with Gasteiger partial charge in [0.25, 0.3) is 0 Å². The lowest BCUT2D eigenvalue weighted by molar-refractivity contribution is 0.195. The first kappa shape index (κ1) is 13.9. The molecule has 0 unspecified atom stereocenters. The molecule has 1 saturated heterocycles. The van der Waals surface area contributed by atoms with Crippen molar-refractivity contribution >= 4 is 0 Å². The second-order valence-corrected chi connectivity index (χ2v) is 5.30. The highest BCUT2D eigenvalue weighted by atomic mass is 15.1. The number of rotatable bonds is 7. The second kappa shape index (κ2) is 8.04. The van der Waals surface area contributed by atoms with Crippen molar-refractivity contribution in [1.29, 1.82) is 0 Å². The Hall–Kier alpha value is -0.120. The van der Waals surface area contributed by atoms with Crippen molar-refractivity contribution < 1.29 is 0 Å². The third-order valence-corrected chi connectivity index (χ3v) is 3.72. The molecule has 0 spiro atoms. The fourth-order valence-corrected chi connectivity index (χ4v) is 2.39. The molecule has 0 bridgehead atoms. The number of piperidine rings is 1. The van der Waals surface area contributed by atoms with E-state index in [4.69, 9.17) is 0 Å². The predicted molar refractivity (Wildman–Crippen MR) is 70.9 cm³/mol. The summed E-state index contributed by atoms with van der Waals surface area (Å²) in [6.07, 6.45) is 5.46. The van der Waals surface area contributed by atoms with E-state index in [1.165, 1.54) is 51.9 Å². The van der Waals surface area contributed by atoms with E-state index in [2.05, 4.69) is 29.2 Å². The highest BCUT2D eigenvalue weighted by molar-refractivity contribution is 4.71. The molecule has 1 N–H and O–H groups in total. The van der Waals surface area contributed by atoms with Crippen molar-refractivity contribution in [3.8, 4) is 0 Å². The Bertz CT molecular complexity index is 165. The molecule has 1 aliphatic heterocycles. The normalized spacial score (nSPS) is 19.5. The highest BCUT2D eigenvalue weighted by Gasteiger charge is 2.16. The van der Waals surface area contributed by atoms with E-state index in [9.17, 15) is 0 Å². The van der Waals surface area contributed by atoms with Crippen LogP contribution in [0.2, 0.25) is 0 Å². The summed E-state index contributed by atoms with van der Waals surface area (Å²) in [6, 6.07) is 0. The standard InChI is InChI=1S/C13H29N3/c1-14-8-4-9-15(2)10-5-13-6-11-16(3)12-7-13/h13-14H,4-12H2,1-3H3. The Morgan fingerprint density at radius 1 is 1.25 bits per heavy atom. The van der Waals surface area contributed by atoms with Gasteiger partial charge in [-0.05, 0) is 85.5 Å². The average Bonchev–Trinajstić information content (AvgIpc) is 2.29. The van der Waals surface area contributed by atoms with Gasteiger partial charge in [-0.3, -0.25) is 0 Å². The Labute approximate surface area is 101 Å². The minimum Gasteiger partial charge on any atom is -0.320 e. The van der Waals surface area contributed by atoms with Crippen LogP contribution < -0.4 is 5.32 Å². The minimum atomic E-state index is 0.975. The Morgan fingerprint density at radius 3 is 2.56 bits per heavy atom. The number of nitrogens with zero attached hydrogens (tertiary/aromatic N) is 2. The largest absolute Gasteiger partial charge is 0.320 e. The Kier molecular flexibility index (Phi) is 7.01. The molecular weight excluding hydrogens is 198 g/mol. The molecule has 0 aliphatic carbocycles. The zero-order chi connectivity index (χ0) is 11.8. The van der Waals surface area contributed by atoms with Crippen molar-refractivity contribution in [3.05, 3.63) is 0 Å². The van der Waals surface area contributed by atoms with Gasteiger partial charge >= 0.3 is 0 Å². The van der Waals surface area contributed by atoms with Crippen LogP contribution in [0, 0.1) is 5.92 Å². The molecule has 0 atom stereocenters. The summed E-state index contributed by atoms with van der Waals surface area (Å²) in [5.41, 5.74) is 0. The van der Waals surface area contributed by atoms with Gasteiger partial charge in [0.1, 0.15) is 0 Å². The zero-order valence-electron chi connectivity index (χ0n) is 11.3. The molecule has 0 radical (unpaired) electrons. The maximum atomic E-state index is 3.20. The average molecular weight is 227 g/mol. The lowest BCUT2D eigenvalue weighted by atomic mass is 9.94. The molecule has 1 aliphatic rings. The van der Waals surface area contributed by atoms with Gasteiger partial charge < -0.3 is 15.1 Å². The third kappa shape index (κ3) is 5.83. The van der Waals surface area contributed by atoms with Crippen LogP contribution in [0.25, 0.3) is 0 Å². The monoisotopic (exact) mass is 227 g/mol. The van der Waals surface area contributed by atoms with E-state index in [0.717, 1.165) is 12.5 Å². The van der Waals surface area contributed by atoms with E-state index in [1.807, 2.05) is 7.05 Å². The number of hydrogen-bond acceptors (Lipinski definition) is 3. The van der Waals surface area contributed by atoms with Crippen molar-refractivity contribution in [2.45, 2.75) is 25.7 Å². The van der Waals surface area contributed by atoms with Gasteiger partial charge in [-0.15, -0.1) is 0 Å². The molecule has 1 heterocycles. The van der Waals surface area contributed by atoms with Crippen LogP contribution in [-0.2, 0) is 0 Å². The molecule has 16 heavy (non-hydrogen) atoms. The summed E-state index contributed by atoms with van der Waals surface area (Å²) in [7, 11) is 6.52. The van der Waals surface area contributed by atoms with Crippen LogP contribution in [0.15, 0.2) is 0 Å². The van der Waals surface area contributed by atoms with Crippen molar-refractivity contribution in [3.63, 3.8) is 0 Å². The van der Waals surface area contributed by atoms with Crippen molar-refractivity contribution in [2.24, 2.45) is 5.92 Å². The third-order valence-electron chi connectivity index (χ3n) is 3.72. The van der Waals surface area contributed by atoms with Crippen LogP contribution in [-0.4, -0.2) is 63.7 Å². The highest BCUT2D eigenvalue weighted by Crippen LogP contribution is 2.19. The van der Waals surface area contributed by atoms with E-state index in [0.29, 0.717) is 0 Å². The SMILES string of the molecule is CNCCCN(C)CCC1CCN(C)CC1. The summed E-state index contributed by atoms with van der Waals surface area (Å²) in [4.78, 5) is 4.93. The van der Waals surface area contributed by atoms with E-state index in [-0.39, 0.29) is 0 Å². The van der Waals surface area contributed by atoms with Crippen LogP contribution in [0.5, 0.6) is 0 Å². The first-order chi connectivity index (χ1) is 7.72. The van der Waals surface area contributed by atoms with Crippen LogP contribution >= 0.6 is 0 Å². The predicted octanol–water partition coefficient (Wildman–Crippen LogP) is 1.26. The fraction of sp³-hybridized carbons (Fsp3) is 1.00. The summed E-state index contributed by atoms with van der Waals surface area (Å²) in [5.74, 6) is 0.975. The van der Waals surface area contributed by atoms with E-state index in [1.54, 1.807) is 0 Å². The quantitative estimate of drug-likeness (QED) is 0.661. The van der Waals surface area contributed by atoms with E-state index < -0.39 is 0 Å². The van der Waals surface area contributed by atoms with Gasteiger partial charge in [-0.25, -0.2) is 0 Å². The Morgan fingerprint density at radius 2 is 1.94 bits per heavy atom. The lowest BCUT2D eigenvalue weighted by Gasteiger charge is -2.30. The number of hydrogen-bond donors (Lipinski definition) is 1. The maximum absolute atomic E-state index is 3.20. The molecule has 3 nitrogen and oxygen atoms in total. The Balaban J connectivity index is 2.00. The molecule has 0 amide bonds. The second-order valence-electron chi connectivity index (χ2n) is 5.30. The maximum Gasteiger partial charge on any atom is -0.000969 e. The molecule has 96 valence electrons. The molecule has 0 aromatic rings. The first-order valence-electron chi connectivity index (χ1n) is 6.74. The van der Waals surface area contributed by atoms with E-state index >= 15 is 0 Å². The summed E-state index contributed by atoms with van der Waals surface area (Å²) in [6.45, 7) is 6.24. The summed E-state index contributed by atoms with van der Waals surface area (Å²) >= 11 is 0. The molecular formula is C13H29N3. The fourth-order valence-electron chi connectivity index (χ4n) is 2.39. The van der Waals surface area contributed by atoms with Crippen LogP contribution in [0.3, 0.4) is 0 Å². The molecule has 1 fully saturated rings.